The Morgan fingerprint density at radius 1 is 1.21 bits per heavy atom. The van der Waals surface area contributed by atoms with E-state index in [1.54, 1.807) is 13.3 Å². The fraction of sp³-hybridized carbons (Fsp3) is 0.591. The van der Waals surface area contributed by atoms with E-state index in [0.29, 0.717) is 13.2 Å². The van der Waals surface area contributed by atoms with Crippen LogP contribution < -0.4 is 4.74 Å². The molecule has 2 fully saturated rings. The van der Waals surface area contributed by atoms with Crippen LogP contribution in [0.25, 0.3) is 0 Å². The van der Waals surface area contributed by atoms with E-state index in [1.807, 2.05) is 29.9 Å². The van der Waals surface area contributed by atoms with Gasteiger partial charge in [-0.05, 0) is 30.5 Å². The Morgan fingerprint density at radius 3 is 2.68 bits per heavy atom. The molecule has 1 aliphatic carbocycles. The summed E-state index contributed by atoms with van der Waals surface area (Å²) in [4.78, 5) is 7.00. The van der Waals surface area contributed by atoms with Crippen LogP contribution in [0.2, 0.25) is 0 Å². The van der Waals surface area contributed by atoms with E-state index in [-0.39, 0.29) is 11.8 Å². The summed E-state index contributed by atoms with van der Waals surface area (Å²) in [5, 5.41) is 11.7. The highest BCUT2D eigenvalue weighted by Gasteiger charge is 2.53. The maximum atomic E-state index is 11.7. The molecule has 0 radical (unpaired) electrons. The van der Waals surface area contributed by atoms with E-state index in [0.717, 1.165) is 44.0 Å². The van der Waals surface area contributed by atoms with Crippen LogP contribution in [0.4, 0.5) is 0 Å². The first-order chi connectivity index (χ1) is 13.6. The molecule has 1 aliphatic heterocycles. The Kier molecular flexibility index (Phi) is 5.71. The van der Waals surface area contributed by atoms with E-state index in [9.17, 15) is 5.11 Å². The average Bonchev–Trinajstić information content (AvgIpc) is 3.10. The summed E-state index contributed by atoms with van der Waals surface area (Å²) in [6, 6.07) is 8.31. The Bertz CT molecular complexity index is 777. The van der Waals surface area contributed by atoms with Crippen molar-refractivity contribution in [3.05, 3.63) is 48.0 Å². The molecule has 1 saturated heterocycles. The van der Waals surface area contributed by atoms with Gasteiger partial charge in [0.2, 0.25) is 0 Å². The van der Waals surface area contributed by atoms with Gasteiger partial charge in [-0.25, -0.2) is 4.98 Å². The normalized spacial score (nSPS) is 27.7. The zero-order valence-electron chi connectivity index (χ0n) is 16.9. The summed E-state index contributed by atoms with van der Waals surface area (Å²) in [5.74, 6) is 2.16. The first kappa shape index (κ1) is 19.4. The van der Waals surface area contributed by atoms with E-state index in [2.05, 4.69) is 22.0 Å². The molecule has 2 heterocycles. The molecule has 28 heavy (non-hydrogen) atoms. The van der Waals surface area contributed by atoms with Gasteiger partial charge in [0.05, 0.1) is 6.61 Å². The molecule has 1 N–H and O–H groups in total. The van der Waals surface area contributed by atoms with Gasteiger partial charge in [0, 0.05) is 58.0 Å². The summed E-state index contributed by atoms with van der Waals surface area (Å²) in [6.45, 7) is 3.82. The Hall–Kier alpha value is -1.89. The fourth-order valence-corrected chi connectivity index (χ4v) is 5.02. The van der Waals surface area contributed by atoms with E-state index < -0.39 is 5.60 Å². The van der Waals surface area contributed by atoms with Gasteiger partial charge in [-0.2, -0.15) is 0 Å². The highest BCUT2D eigenvalue weighted by atomic mass is 16.5. The molecule has 6 nitrogen and oxygen atoms in total. The van der Waals surface area contributed by atoms with Crippen molar-refractivity contribution in [2.24, 2.45) is 18.9 Å². The smallest absolute Gasteiger partial charge is 0.141 e. The number of likely N-dealkylation sites (tertiary alicyclic amines) is 1. The average molecular weight is 386 g/mol. The molecule has 6 heteroatoms. The second kappa shape index (κ2) is 8.23. The van der Waals surface area contributed by atoms with Gasteiger partial charge in [0.1, 0.15) is 23.8 Å². The summed E-state index contributed by atoms with van der Waals surface area (Å²) in [5.41, 5.74) is 0.438. The van der Waals surface area contributed by atoms with Crippen LogP contribution in [0.3, 0.4) is 0 Å². The van der Waals surface area contributed by atoms with Crippen molar-refractivity contribution in [1.82, 2.24) is 14.5 Å². The van der Waals surface area contributed by atoms with Crippen LogP contribution in [0, 0.1) is 11.8 Å². The Balaban J connectivity index is 1.46. The lowest BCUT2D eigenvalue weighted by molar-refractivity contribution is -0.155. The number of benzene rings is 1. The molecule has 2 aliphatic rings. The SMILES string of the molecule is COCCOc1cccc(CN2CC3CCCC(C2)C3(O)c2nccn2C)c1. The minimum atomic E-state index is -0.807. The van der Waals surface area contributed by atoms with Crippen LogP contribution in [0.1, 0.15) is 30.7 Å². The molecule has 0 amide bonds. The van der Waals surface area contributed by atoms with Crippen LogP contribution in [-0.4, -0.2) is 53.0 Å². The minimum absolute atomic E-state index is 0.224. The first-order valence-electron chi connectivity index (χ1n) is 10.2. The molecule has 2 unspecified atom stereocenters. The number of imidazole rings is 1. The number of nitrogens with zero attached hydrogens (tertiary/aromatic N) is 3. The van der Waals surface area contributed by atoms with Crippen molar-refractivity contribution >= 4 is 0 Å². The number of ether oxygens (including phenoxy) is 2. The molecule has 2 bridgehead atoms. The minimum Gasteiger partial charge on any atom is -0.491 e. The molecule has 152 valence electrons. The first-order valence-corrected chi connectivity index (χ1v) is 10.2. The van der Waals surface area contributed by atoms with Gasteiger partial charge in [-0.1, -0.05) is 18.6 Å². The number of hydrogen-bond acceptors (Lipinski definition) is 5. The Labute approximate surface area is 167 Å². The number of methoxy groups -OCH3 is 1. The Morgan fingerprint density at radius 2 is 2.00 bits per heavy atom. The molecule has 1 saturated carbocycles. The molecule has 1 aromatic heterocycles. The number of aromatic nitrogens is 2. The molecule has 2 atom stereocenters. The number of aryl methyl sites for hydroxylation is 1. The highest BCUT2D eigenvalue weighted by Crippen LogP contribution is 2.48. The third-order valence-corrected chi connectivity index (χ3v) is 6.35. The zero-order chi connectivity index (χ0) is 19.6. The van der Waals surface area contributed by atoms with Crippen LogP contribution in [0.5, 0.6) is 5.75 Å². The van der Waals surface area contributed by atoms with Crippen LogP contribution >= 0.6 is 0 Å². The maximum absolute atomic E-state index is 11.7. The lowest BCUT2D eigenvalue weighted by atomic mass is 9.65. The van der Waals surface area contributed by atoms with Crippen LogP contribution in [0.15, 0.2) is 36.7 Å². The molecule has 2 aromatic rings. The monoisotopic (exact) mass is 385 g/mol. The van der Waals surface area contributed by atoms with E-state index in [4.69, 9.17) is 9.47 Å². The van der Waals surface area contributed by atoms with Gasteiger partial charge in [-0.3, -0.25) is 4.90 Å². The topological polar surface area (TPSA) is 59.8 Å². The molecular weight excluding hydrogens is 354 g/mol. The van der Waals surface area contributed by atoms with Crippen molar-refractivity contribution in [3.8, 4) is 5.75 Å². The van der Waals surface area contributed by atoms with Crippen molar-refractivity contribution in [2.75, 3.05) is 33.4 Å². The van der Waals surface area contributed by atoms with Crippen LogP contribution in [-0.2, 0) is 23.9 Å². The van der Waals surface area contributed by atoms with Gasteiger partial charge >= 0.3 is 0 Å². The summed E-state index contributed by atoms with van der Waals surface area (Å²) >= 11 is 0. The van der Waals surface area contributed by atoms with Crippen molar-refractivity contribution in [1.29, 1.82) is 0 Å². The summed E-state index contributed by atoms with van der Waals surface area (Å²) in [6.07, 6.45) is 7.03. The second-order valence-electron chi connectivity index (χ2n) is 8.19. The summed E-state index contributed by atoms with van der Waals surface area (Å²) < 4.78 is 12.8. The maximum Gasteiger partial charge on any atom is 0.141 e. The van der Waals surface area contributed by atoms with Gasteiger partial charge in [-0.15, -0.1) is 0 Å². The van der Waals surface area contributed by atoms with Crippen molar-refractivity contribution in [3.63, 3.8) is 0 Å². The number of piperidine rings is 1. The van der Waals surface area contributed by atoms with Gasteiger partial charge in [0.25, 0.3) is 0 Å². The predicted octanol–water partition coefficient (Wildman–Crippen LogP) is 2.57. The highest BCUT2D eigenvalue weighted by molar-refractivity contribution is 5.28. The number of rotatable bonds is 7. The van der Waals surface area contributed by atoms with Gasteiger partial charge in [0.15, 0.2) is 0 Å². The third kappa shape index (κ3) is 3.69. The molecular formula is C22H31N3O3. The zero-order valence-corrected chi connectivity index (χ0v) is 16.9. The molecule has 1 aromatic carbocycles. The van der Waals surface area contributed by atoms with E-state index >= 15 is 0 Å². The predicted molar refractivity (Wildman–Crippen MR) is 107 cm³/mol. The third-order valence-electron chi connectivity index (χ3n) is 6.35. The quantitative estimate of drug-likeness (QED) is 0.743. The summed E-state index contributed by atoms with van der Waals surface area (Å²) in [7, 11) is 3.66. The number of fused-ring (bicyclic) bond motifs is 2. The lowest BCUT2D eigenvalue weighted by Gasteiger charge is -2.52. The van der Waals surface area contributed by atoms with Crippen molar-refractivity contribution in [2.45, 2.75) is 31.4 Å². The lowest BCUT2D eigenvalue weighted by Crippen LogP contribution is -2.58. The molecule has 4 rings (SSSR count). The largest absolute Gasteiger partial charge is 0.491 e. The van der Waals surface area contributed by atoms with Gasteiger partial charge < -0.3 is 19.1 Å². The van der Waals surface area contributed by atoms with Crippen molar-refractivity contribution < 1.29 is 14.6 Å². The fourth-order valence-electron chi connectivity index (χ4n) is 5.02. The number of hydrogen-bond donors (Lipinski definition) is 1. The second-order valence-corrected chi connectivity index (χ2v) is 8.19. The number of aliphatic hydroxyl groups is 1. The molecule has 0 spiro atoms. The van der Waals surface area contributed by atoms with E-state index in [1.165, 1.54) is 12.0 Å². The standard InChI is InChI=1S/C22H31N3O3/c1-24-10-9-23-21(24)22(26)18-6-4-7-19(22)16-25(15-18)14-17-5-3-8-20(13-17)28-12-11-27-2/h3,5,8-10,13,18-19,26H,4,6-7,11-12,14-16H2,1-2H3.